The average Bonchev–Trinajstić information content (AvgIpc) is 2.27. The second kappa shape index (κ2) is 5.58. The molecule has 0 radical (unpaired) electrons. The summed E-state index contributed by atoms with van der Waals surface area (Å²) in [5.74, 6) is -1.22. The van der Waals surface area contributed by atoms with Crippen LogP contribution in [0, 0.1) is 6.92 Å². The molecule has 6 nitrogen and oxygen atoms in total. The van der Waals surface area contributed by atoms with Crippen molar-refractivity contribution in [3.63, 3.8) is 0 Å². The van der Waals surface area contributed by atoms with Crippen LogP contribution in [0.25, 0.3) is 0 Å². The van der Waals surface area contributed by atoms with Gasteiger partial charge >= 0.3 is 5.97 Å². The van der Waals surface area contributed by atoms with Crippen molar-refractivity contribution in [3.05, 3.63) is 23.8 Å². The number of nitrogens with one attached hydrogen (secondary N) is 1. The topological polar surface area (TPSA) is 86.7 Å². The Morgan fingerprint density at radius 1 is 1.37 bits per heavy atom. The summed E-state index contributed by atoms with van der Waals surface area (Å²) >= 11 is 0. The van der Waals surface area contributed by atoms with Crippen LogP contribution in [-0.4, -0.2) is 39.6 Å². The lowest BCUT2D eigenvalue weighted by atomic mass is 10.2. The highest BCUT2D eigenvalue weighted by molar-refractivity contribution is 7.89. The van der Waals surface area contributed by atoms with E-state index in [4.69, 9.17) is 5.11 Å². The summed E-state index contributed by atoms with van der Waals surface area (Å²) in [7, 11) is -0.212. The molecule has 1 aromatic carbocycles. The summed E-state index contributed by atoms with van der Waals surface area (Å²) < 4.78 is 26.2. The molecule has 0 heterocycles. The summed E-state index contributed by atoms with van der Waals surface area (Å²) in [5.41, 5.74) is 1.71. The van der Waals surface area contributed by atoms with Gasteiger partial charge in [0, 0.05) is 19.8 Å². The van der Waals surface area contributed by atoms with E-state index >= 15 is 0 Å². The molecule has 1 atom stereocenters. The minimum Gasteiger partial charge on any atom is -0.480 e. The second-order valence-electron chi connectivity index (χ2n) is 4.52. The van der Waals surface area contributed by atoms with E-state index in [1.165, 1.54) is 19.1 Å². The molecule has 19 heavy (non-hydrogen) atoms. The summed E-state index contributed by atoms with van der Waals surface area (Å²) in [4.78, 5) is 12.6. The Kier molecular flexibility index (Phi) is 4.54. The monoisotopic (exact) mass is 286 g/mol. The molecule has 0 aliphatic heterocycles. The van der Waals surface area contributed by atoms with Gasteiger partial charge in [0.1, 0.15) is 6.04 Å². The first-order valence-corrected chi connectivity index (χ1v) is 7.16. The van der Waals surface area contributed by atoms with Crippen molar-refractivity contribution in [1.29, 1.82) is 0 Å². The van der Waals surface area contributed by atoms with E-state index in [1.54, 1.807) is 11.0 Å². The van der Waals surface area contributed by atoms with Crippen molar-refractivity contribution in [1.82, 2.24) is 4.72 Å². The van der Waals surface area contributed by atoms with E-state index in [0.29, 0.717) is 0 Å². The van der Waals surface area contributed by atoms with Gasteiger partial charge in [-0.2, -0.15) is 4.72 Å². The number of nitrogens with zero attached hydrogens (tertiary/aromatic N) is 1. The Hall–Kier alpha value is -1.60. The predicted octanol–water partition coefficient (Wildman–Crippen LogP) is 0.812. The number of carboxylic acids is 1. The van der Waals surface area contributed by atoms with Gasteiger partial charge in [0.15, 0.2) is 0 Å². The molecular formula is C12H18N2O4S. The largest absolute Gasteiger partial charge is 0.480 e. The summed E-state index contributed by atoms with van der Waals surface area (Å²) in [6.07, 6.45) is 0. The van der Waals surface area contributed by atoms with Crippen LogP contribution in [0.2, 0.25) is 0 Å². The smallest absolute Gasteiger partial charge is 0.321 e. The Labute approximate surface area is 113 Å². The van der Waals surface area contributed by atoms with Crippen LogP contribution in [-0.2, 0) is 14.8 Å². The molecule has 2 N–H and O–H groups in total. The van der Waals surface area contributed by atoms with E-state index in [0.717, 1.165) is 11.3 Å². The van der Waals surface area contributed by atoms with E-state index in [9.17, 15) is 13.2 Å². The van der Waals surface area contributed by atoms with Crippen molar-refractivity contribution in [2.24, 2.45) is 0 Å². The van der Waals surface area contributed by atoms with Crippen molar-refractivity contribution < 1.29 is 18.3 Å². The van der Waals surface area contributed by atoms with E-state index in [2.05, 4.69) is 4.72 Å². The summed E-state index contributed by atoms with van der Waals surface area (Å²) in [6, 6.07) is 3.50. The van der Waals surface area contributed by atoms with Crippen LogP contribution < -0.4 is 9.62 Å². The lowest BCUT2D eigenvalue weighted by molar-refractivity contribution is -0.138. The van der Waals surface area contributed by atoms with Crippen molar-refractivity contribution in [3.8, 4) is 0 Å². The number of carboxylic acid groups (broad SMARTS) is 1. The number of sulfonamides is 1. The summed E-state index contributed by atoms with van der Waals surface area (Å²) in [6.45, 7) is 3.15. The van der Waals surface area contributed by atoms with Crippen molar-refractivity contribution in [2.75, 3.05) is 19.0 Å². The lowest BCUT2D eigenvalue weighted by Gasteiger charge is -2.17. The SMILES string of the molecule is Cc1ccc(S(=O)(=O)NC(C)C(=O)O)cc1N(C)C. The van der Waals surface area contributed by atoms with Crippen LogP contribution in [0.3, 0.4) is 0 Å². The fourth-order valence-electron chi connectivity index (χ4n) is 1.59. The van der Waals surface area contributed by atoms with Gasteiger partial charge in [-0.15, -0.1) is 0 Å². The predicted molar refractivity (Wildman–Crippen MR) is 72.9 cm³/mol. The van der Waals surface area contributed by atoms with Gasteiger partial charge in [-0.25, -0.2) is 8.42 Å². The fourth-order valence-corrected chi connectivity index (χ4v) is 2.81. The number of hydrogen-bond acceptors (Lipinski definition) is 4. The van der Waals surface area contributed by atoms with Gasteiger partial charge in [-0.1, -0.05) is 6.07 Å². The third-order valence-corrected chi connectivity index (χ3v) is 4.21. The van der Waals surface area contributed by atoms with Crippen LogP contribution in [0.15, 0.2) is 23.1 Å². The van der Waals surface area contributed by atoms with Gasteiger partial charge in [-0.05, 0) is 31.5 Å². The highest BCUT2D eigenvalue weighted by Gasteiger charge is 2.22. The number of benzene rings is 1. The van der Waals surface area contributed by atoms with E-state index in [-0.39, 0.29) is 4.90 Å². The maximum Gasteiger partial charge on any atom is 0.321 e. The van der Waals surface area contributed by atoms with Crippen LogP contribution in [0.1, 0.15) is 12.5 Å². The summed E-state index contributed by atoms with van der Waals surface area (Å²) in [5, 5.41) is 8.74. The van der Waals surface area contributed by atoms with Crippen LogP contribution >= 0.6 is 0 Å². The molecule has 0 bridgehead atoms. The molecule has 0 aliphatic carbocycles. The standard InChI is InChI=1S/C12H18N2O4S/c1-8-5-6-10(7-11(8)14(3)4)19(17,18)13-9(2)12(15)16/h5-7,9,13H,1-4H3,(H,15,16). The molecule has 0 aliphatic rings. The van der Waals surface area contributed by atoms with Gasteiger partial charge in [0.2, 0.25) is 10.0 Å². The molecule has 7 heteroatoms. The Balaban J connectivity index is 3.16. The first-order valence-electron chi connectivity index (χ1n) is 5.68. The van der Waals surface area contributed by atoms with Crippen LogP contribution in [0.5, 0.6) is 0 Å². The molecule has 1 aromatic rings. The zero-order chi connectivity index (χ0) is 14.8. The van der Waals surface area contributed by atoms with Gasteiger partial charge < -0.3 is 10.0 Å². The number of aliphatic carboxylic acids is 1. The molecule has 0 aromatic heterocycles. The first-order chi connectivity index (χ1) is 8.65. The molecule has 106 valence electrons. The molecule has 0 spiro atoms. The second-order valence-corrected chi connectivity index (χ2v) is 6.24. The lowest BCUT2D eigenvalue weighted by Crippen LogP contribution is -2.38. The molecule has 0 saturated heterocycles. The van der Waals surface area contributed by atoms with Gasteiger partial charge in [0.05, 0.1) is 4.90 Å². The third-order valence-electron chi connectivity index (χ3n) is 2.68. The molecular weight excluding hydrogens is 268 g/mol. The maximum atomic E-state index is 12.0. The fraction of sp³-hybridized carbons (Fsp3) is 0.417. The number of rotatable bonds is 5. The molecule has 0 fully saturated rings. The van der Waals surface area contributed by atoms with Crippen molar-refractivity contribution in [2.45, 2.75) is 24.8 Å². The van der Waals surface area contributed by atoms with E-state index in [1.807, 2.05) is 21.0 Å². The molecule has 1 unspecified atom stereocenters. The highest BCUT2D eigenvalue weighted by atomic mass is 32.2. The number of aryl methyl sites for hydroxylation is 1. The van der Waals surface area contributed by atoms with E-state index < -0.39 is 22.0 Å². The third kappa shape index (κ3) is 3.68. The van der Waals surface area contributed by atoms with Gasteiger partial charge in [0.25, 0.3) is 0 Å². The number of carbonyl (C=O) groups is 1. The first kappa shape index (κ1) is 15.5. The minimum atomic E-state index is -3.83. The Bertz CT molecular complexity index is 581. The quantitative estimate of drug-likeness (QED) is 0.836. The minimum absolute atomic E-state index is 0.0508. The number of hydrogen-bond donors (Lipinski definition) is 2. The Morgan fingerprint density at radius 2 is 1.95 bits per heavy atom. The zero-order valence-electron chi connectivity index (χ0n) is 11.3. The molecule has 1 rings (SSSR count). The number of anilines is 1. The maximum absolute atomic E-state index is 12.0. The molecule has 0 amide bonds. The van der Waals surface area contributed by atoms with Gasteiger partial charge in [-0.3, -0.25) is 4.79 Å². The van der Waals surface area contributed by atoms with Crippen LogP contribution in [0.4, 0.5) is 5.69 Å². The zero-order valence-corrected chi connectivity index (χ0v) is 12.2. The average molecular weight is 286 g/mol. The Morgan fingerprint density at radius 3 is 2.42 bits per heavy atom. The molecule has 0 saturated carbocycles. The van der Waals surface area contributed by atoms with Crippen molar-refractivity contribution >= 4 is 21.7 Å². The highest BCUT2D eigenvalue weighted by Crippen LogP contribution is 2.22. The normalized spacial score (nSPS) is 13.1.